The molecule has 19 nitrogen and oxygen atoms in total. The Morgan fingerprint density at radius 3 is 2.51 bits per heavy atom. The van der Waals surface area contributed by atoms with Gasteiger partial charge in [-0.3, -0.25) is 24.3 Å². The minimum absolute atomic E-state index is 0. The number of phenolic OH excluding ortho intramolecular Hbond substituents is 2. The van der Waals surface area contributed by atoms with E-state index in [0.29, 0.717) is 35.6 Å². The van der Waals surface area contributed by atoms with E-state index < -0.39 is 52.2 Å². The van der Waals surface area contributed by atoms with Crippen molar-refractivity contribution in [2.24, 2.45) is 15.9 Å². The van der Waals surface area contributed by atoms with Gasteiger partial charge in [-0.15, -0.1) is 23.1 Å². The van der Waals surface area contributed by atoms with Crippen LogP contribution in [0.25, 0.3) is 0 Å². The Bertz CT molecular complexity index is 1850. The number of anilines is 1. The maximum absolute atomic E-state index is 13.6. The van der Waals surface area contributed by atoms with Crippen molar-refractivity contribution in [3.8, 4) is 11.5 Å². The molecule has 2 atom stereocenters. The number of nitrogen functional groups attached to an aromatic ring is 1. The number of thiazole rings is 1. The molecule has 3 aliphatic heterocycles. The SMILES string of the molecule is CN=C(N)C1=C(C[N+]2(CCNC(=O)c3ccc(O)c(O)c3Cl)CCC2)CSC2C(NC(=O)/C(=N\OC(C)(C)C(=O)[O-])c3csc(N)n3)C(=O)N12.N=N.[Na+]. The second-order valence-electron chi connectivity index (χ2n) is 12.4. The van der Waals surface area contributed by atoms with E-state index in [9.17, 15) is 34.5 Å². The number of nitrogens with two attached hydrogens (primary N) is 2. The van der Waals surface area contributed by atoms with Gasteiger partial charge in [-0.05, 0) is 26.0 Å². The normalized spacial score (nSPS) is 19.3. The third-order valence-corrected chi connectivity index (χ3v) is 11.1. The molecule has 23 heteroatoms. The van der Waals surface area contributed by atoms with Crippen LogP contribution in [0.5, 0.6) is 11.5 Å². The summed E-state index contributed by atoms with van der Waals surface area (Å²) in [5, 5.41) is 41.0. The van der Waals surface area contributed by atoms with Crippen molar-refractivity contribution in [3.63, 3.8) is 0 Å². The van der Waals surface area contributed by atoms with Crippen molar-refractivity contribution in [1.82, 2.24) is 20.5 Å². The van der Waals surface area contributed by atoms with Crippen molar-refractivity contribution in [2.75, 3.05) is 51.3 Å². The minimum Gasteiger partial charge on any atom is -0.546 e. The van der Waals surface area contributed by atoms with Gasteiger partial charge < -0.3 is 51.5 Å². The number of phenols is 2. The summed E-state index contributed by atoms with van der Waals surface area (Å²) in [7, 11) is 1.52. The number of aromatic nitrogens is 1. The van der Waals surface area contributed by atoms with E-state index in [4.69, 9.17) is 39.0 Å². The molecule has 5 rings (SSSR count). The standard InChI is InChI=1S/C30H36ClN9O8S2.H2N2.Na/c1-30(2,28(46)47)48-38-19(16-13-50-29(33)36-16)25(44)37-20-26(45)39-21(23(32)34-3)14(12-49-27(20)39)11-40(8-4-9-40)10-7-35-24(43)15-5-6-17(41)22(42)18(15)31;1-2;/h5-6,13,20,27H,4,7-12H2,1-3H3,(H8-,32,33,34,35,36,37,38,41,42,43,44,46,47);1-2H;/q;;+1. The number of amides is 3. The van der Waals surface area contributed by atoms with Crippen molar-refractivity contribution >= 4 is 75.1 Å². The monoisotopic (exact) mass is 802 g/mol. The fourth-order valence-electron chi connectivity index (χ4n) is 5.67. The Hall–Kier alpha value is -3.99. The predicted octanol–water partition coefficient (Wildman–Crippen LogP) is -3.07. The fraction of sp³-hybridized carbons (Fsp3) is 0.433. The molecule has 2 unspecified atom stereocenters. The molecule has 3 amide bonds. The maximum atomic E-state index is 13.6. The second-order valence-corrected chi connectivity index (χ2v) is 14.8. The summed E-state index contributed by atoms with van der Waals surface area (Å²) in [6, 6.07) is 1.54. The number of aliphatic imine (C=N–C) groups is 1. The number of carbonyl (C=O) groups is 4. The molecule has 280 valence electrons. The van der Waals surface area contributed by atoms with E-state index in [1.165, 1.54) is 55.1 Å². The second kappa shape index (κ2) is 17.9. The smallest absolute Gasteiger partial charge is 0.546 e. The van der Waals surface area contributed by atoms with Gasteiger partial charge in [0.1, 0.15) is 29.5 Å². The van der Waals surface area contributed by atoms with Gasteiger partial charge >= 0.3 is 29.6 Å². The summed E-state index contributed by atoms with van der Waals surface area (Å²) in [5.74, 6) is -3.67. The summed E-state index contributed by atoms with van der Waals surface area (Å²) in [6.45, 7) is 5.47. The number of hydrogen-bond acceptors (Lipinski definition) is 16. The zero-order chi connectivity index (χ0) is 38.5. The van der Waals surface area contributed by atoms with E-state index in [-0.39, 0.29) is 62.5 Å². The summed E-state index contributed by atoms with van der Waals surface area (Å²) >= 11 is 8.53. The number of hydrogen-bond donors (Lipinski definition) is 8. The number of fused-ring (bicyclic) bond motifs is 1. The first kappa shape index (κ1) is 43.4. The molecule has 2 saturated heterocycles. The van der Waals surface area contributed by atoms with Crippen LogP contribution in [0.3, 0.4) is 0 Å². The van der Waals surface area contributed by atoms with Gasteiger partial charge in [-0.1, -0.05) is 16.8 Å². The number of amidine groups is 1. The number of rotatable bonds is 13. The molecule has 0 aliphatic carbocycles. The molecule has 0 spiro atoms. The Morgan fingerprint density at radius 1 is 1.26 bits per heavy atom. The summed E-state index contributed by atoms with van der Waals surface area (Å²) in [4.78, 5) is 66.2. The molecule has 1 aromatic carbocycles. The van der Waals surface area contributed by atoms with Crippen LogP contribution in [-0.2, 0) is 19.2 Å². The van der Waals surface area contributed by atoms with Gasteiger partial charge in [0.05, 0.1) is 48.4 Å². The first-order chi connectivity index (χ1) is 24.6. The molecule has 10 N–H and O–H groups in total. The Morgan fingerprint density at radius 2 is 1.94 bits per heavy atom. The Labute approximate surface area is 339 Å². The number of β-lactam (4-membered cyclic amide) rings is 1. The molecule has 4 heterocycles. The molecule has 2 aromatic rings. The number of nitrogens with zero attached hydrogens (tertiary/aromatic N) is 5. The zero-order valence-electron chi connectivity index (χ0n) is 29.3. The number of nitrogens with one attached hydrogen (secondary N) is 4. The number of quaternary nitrogens is 1. The number of likely N-dealkylation sites (tertiary alicyclic amines) is 1. The van der Waals surface area contributed by atoms with Crippen molar-refractivity contribution in [2.45, 2.75) is 37.3 Å². The molecular formula is C30H38ClN11NaO8S2+. The number of halogens is 1. The molecule has 3 aliphatic rings. The van der Waals surface area contributed by atoms with Gasteiger partial charge in [0.25, 0.3) is 17.7 Å². The van der Waals surface area contributed by atoms with E-state index >= 15 is 0 Å². The van der Waals surface area contributed by atoms with Crippen molar-refractivity contribution in [3.05, 3.63) is 45.1 Å². The first-order valence-corrected chi connectivity index (χ1v) is 17.9. The topological polar surface area (TPSA) is 306 Å². The molecule has 1 aromatic heterocycles. The number of carbonyl (C=O) groups excluding carboxylic acids is 4. The van der Waals surface area contributed by atoms with Crippen LogP contribution in [0.4, 0.5) is 5.13 Å². The van der Waals surface area contributed by atoms with Crippen LogP contribution in [0, 0.1) is 11.1 Å². The maximum Gasteiger partial charge on any atom is 1.00 e. The summed E-state index contributed by atoms with van der Waals surface area (Å²) in [5.41, 5.74) is 21.3. The van der Waals surface area contributed by atoms with Gasteiger partial charge in [-0.25, -0.2) is 16.0 Å². The molecule has 0 saturated carbocycles. The fourth-order valence-corrected chi connectivity index (χ4v) is 7.80. The first-order valence-electron chi connectivity index (χ1n) is 15.6. The number of thioether (sulfide) groups is 1. The number of carboxylic acids is 1. The zero-order valence-corrected chi connectivity index (χ0v) is 33.7. The van der Waals surface area contributed by atoms with Crippen LogP contribution < -0.4 is 56.8 Å². The Kier molecular flexibility index (Phi) is 14.7. The number of aliphatic carboxylic acids is 1. The largest absolute Gasteiger partial charge is 1.00 e. The number of aromatic hydroxyl groups is 2. The van der Waals surface area contributed by atoms with Crippen LogP contribution in [-0.4, -0.2) is 122 Å². The van der Waals surface area contributed by atoms with Gasteiger partial charge in [0, 0.05) is 30.2 Å². The number of oxime groups is 1. The quantitative estimate of drug-likeness (QED) is 0.0146. The molecule has 2 fully saturated rings. The van der Waals surface area contributed by atoms with E-state index in [1.54, 1.807) is 0 Å². The van der Waals surface area contributed by atoms with E-state index in [0.717, 1.165) is 36.4 Å². The van der Waals surface area contributed by atoms with Crippen LogP contribution in [0.1, 0.15) is 36.3 Å². The Balaban J connectivity index is 0.00000248. The molecule has 0 radical (unpaired) electrons. The van der Waals surface area contributed by atoms with Crippen LogP contribution in [0.15, 0.2) is 38.9 Å². The van der Waals surface area contributed by atoms with Gasteiger partial charge in [0.15, 0.2) is 27.9 Å². The predicted molar refractivity (Wildman–Crippen MR) is 190 cm³/mol. The average Bonchev–Trinajstić information content (AvgIpc) is 3.53. The van der Waals surface area contributed by atoms with Crippen LogP contribution in [0.2, 0.25) is 5.02 Å². The summed E-state index contributed by atoms with van der Waals surface area (Å²) < 4.78 is 0.622. The van der Waals surface area contributed by atoms with Crippen molar-refractivity contribution < 1.29 is 73.4 Å². The number of benzene rings is 1. The van der Waals surface area contributed by atoms with Gasteiger partial charge in [-0.2, -0.15) is 0 Å². The third kappa shape index (κ3) is 9.22. The third-order valence-electron chi connectivity index (χ3n) is 8.66. The summed E-state index contributed by atoms with van der Waals surface area (Å²) in [6.07, 6.45) is 0.969. The van der Waals surface area contributed by atoms with E-state index in [2.05, 4.69) is 25.8 Å². The van der Waals surface area contributed by atoms with Gasteiger partial charge in [0.2, 0.25) is 0 Å². The van der Waals surface area contributed by atoms with Crippen molar-refractivity contribution in [1.29, 1.82) is 11.1 Å². The minimum atomic E-state index is -1.87. The van der Waals surface area contributed by atoms with Crippen LogP contribution >= 0.6 is 34.7 Å². The molecule has 0 bridgehead atoms. The average molecular weight is 803 g/mol. The molecular weight excluding hydrogens is 765 g/mol. The molecule has 53 heavy (non-hydrogen) atoms. The number of carboxylic acid groups (broad SMARTS) is 1. The van der Waals surface area contributed by atoms with E-state index in [1.807, 2.05) is 0 Å².